The molecular formula is C14H15NO5. The Morgan fingerprint density at radius 3 is 2.55 bits per heavy atom. The van der Waals surface area contributed by atoms with E-state index in [0.717, 1.165) is 0 Å². The minimum atomic E-state index is -0.792. The van der Waals surface area contributed by atoms with Crippen molar-refractivity contribution in [2.24, 2.45) is 0 Å². The minimum absolute atomic E-state index is 0.0211. The van der Waals surface area contributed by atoms with Crippen molar-refractivity contribution in [2.45, 2.75) is 6.92 Å². The molecule has 0 aliphatic heterocycles. The van der Waals surface area contributed by atoms with Gasteiger partial charge < -0.3 is 9.47 Å². The number of hydrogen-bond acceptors (Lipinski definition) is 5. The quantitative estimate of drug-likeness (QED) is 0.331. The molecule has 0 aliphatic carbocycles. The van der Waals surface area contributed by atoms with Gasteiger partial charge in [0.15, 0.2) is 0 Å². The fourth-order valence-corrected chi connectivity index (χ4v) is 1.55. The van der Waals surface area contributed by atoms with Crippen LogP contribution in [0.15, 0.2) is 37.4 Å². The molecule has 106 valence electrons. The number of esters is 1. The van der Waals surface area contributed by atoms with E-state index in [1.807, 2.05) is 0 Å². The topological polar surface area (TPSA) is 78.7 Å². The van der Waals surface area contributed by atoms with Crippen molar-refractivity contribution < 1.29 is 19.2 Å². The first kappa shape index (κ1) is 15.4. The van der Waals surface area contributed by atoms with Crippen LogP contribution in [0.1, 0.15) is 15.9 Å². The van der Waals surface area contributed by atoms with Crippen LogP contribution in [0.25, 0.3) is 0 Å². The molecule has 1 aromatic carbocycles. The van der Waals surface area contributed by atoms with Gasteiger partial charge in [-0.15, -0.1) is 0 Å². The number of rotatable bonds is 7. The number of hydrogen-bond donors (Lipinski definition) is 0. The maximum absolute atomic E-state index is 11.8. The zero-order valence-electron chi connectivity index (χ0n) is 11.1. The predicted molar refractivity (Wildman–Crippen MR) is 74.0 cm³/mol. The third-order valence-electron chi connectivity index (χ3n) is 2.41. The Balaban J connectivity index is 3.30. The number of carbonyl (C=O) groups is 1. The number of aryl methyl sites for hydroxylation is 1. The Kier molecular flexibility index (Phi) is 5.46. The van der Waals surface area contributed by atoms with Crippen molar-refractivity contribution in [3.8, 4) is 5.75 Å². The van der Waals surface area contributed by atoms with Gasteiger partial charge in [-0.05, 0) is 18.6 Å². The second kappa shape index (κ2) is 7.08. The van der Waals surface area contributed by atoms with Crippen molar-refractivity contribution in [2.75, 3.05) is 13.2 Å². The van der Waals surface area contributed by atoms with Gasteiger partial charge in [0.2, 0.25) is 5.75 Å². The molecule has 0 saturated heterocycles. The summed E-state index contributed by atoms with van der Waals surface area (Å²) in [4.78, 5) is 22.4. The smallest absolute Gasteiger partial charge is 0.345 e. The lowest BCUT2D eigenvalue weighted by molar-refractivity contribution is -0.386. The fraction of sp³-hybridized carbons (Fsp3) is 0.214. The molecule has 0 aromatic heterocycles. The second-order valence-corrected chi connectivity index (χ2v) is 3.85. The van der Waals surface area contributed by atoms with Crippen LogP contribution in [0.2, 0.25) is 0 Å². The Bertz CT molecular complexity index is 551. The third-order valence-corrected chi connectivity index (χ3v) is 2.41. The Morgan fingerprint density at radius 1 is 1.35 bits per heavy atom. The van der Waals surface area contributed by atoms with Crippen LogP contribution < -0.4 is 4.74 Å². The molecule has 6 heteroatoms. The van der Waals surface area contributed by atoms with E-state index in [1.54, 1.807) is 13.0 Å². The molecule has 0 bridgehead atoms. The van der Waals surface area contributed by atoms with Crippen LogP contribution in [0.5, 0.6) is 5.75 Å². The van der Waals surface area contributed by atoms with Gasteiger partial charge in [-0.25, -0.2) is 4.79 Å². The zero-order chi connectivity index (χ0) is 15.1. The van der Waals surface area contributed by atoms with E-state index in [2.05, 4.69) is 13.2 Å². The van der Waals surface area contributed by atoms with Crippen LogP contribution in [-0.2, 0) is 4.74 Å². The molecule has 0 heterocycles. The monoisotopic (exact) mass is 277 g/mol. The van der Waals surface area contributed by atoms with Crippen molar-refractivity contribution >= 4 is 11.7 Å². The van der Waals surface area contributed by atoms with Crippen molar-refractivity contribution in [3.63, 3.8) is 0 Å². The third kappa shape index (κ3) is 3.44. The molecule has 0 amide bonds. The van der Waals surface area contributed by atoms with E-state index in [9.17, 15) is 14.9 Å². The molecule has 0 unspecified atom stereocenters. The summed E-state index contributed by atoms with van der Waals surface area (Å²) in [6.45, 7) is 8.63. The molecule has 6 nitrogen and oxygen atoms in total. The highest BCUT2D eigenvalue weighted by molar-refractivity contribution is 5.95. The number of carbonyl (C=O) groups excluding carboxylic acids is 1. The first-order valence-electron chi connectivity index (χ1n) is 5.82. The van der Waals surface area contributed by atoms with Gasteiger partial charge in [0.25, 0.3) is 0 Å². The van der Waals surface area contributed by atoms with Gasteiger partial charge in [-0.1, -0.05) is 31.4 Å². The Morgan fingerprint density at radius 2 is 2.00 bits per heavy atom. The lowest BCUT2D eigenvalue weighted by Crippen LogP contribution is -2.10. The Labute approximate surface area is 116 Å². The summed E-state index contributed by atoms with van der Waals surface area (Å²) in [5.41, 5.74) is 0.00115. The largest absolute Gasteiger partial charge is 0.482 e. The predicted octanol–water partition coefficient (Wildman–Crippen LogP) is 2.81. The summed E-state index contributed by atoms with van der Waals surface area (Å²) in [5, 5.41) is 11.2. The lowest BCUT2D eigenvalue weighted by atomic mass is 10.1. The summed E-state index contributed by atoms with van der Waals surface area (Å²) in [6.07, 6.45) is 2.85. The van der Waals surface area contributed by atoms with Crippen LogP contribution in [0.3, 0.4) is 0 Å². The van der Waals surface area contributed by atoms with Gasteiger partial charge in [0.05, 0.1) is 4.92 Å². The average Bonchev–Trinajstić information content (AvgIpc) is 2.42. The molecule has 0 saturated carbocycles. The van der Waals surface area contributed by atoms with E-state index in [1.165, 1.54) is 18.2 Å². The summed E-state index contributed by atoms with van der Waals surface area (Å²) in [5.74, 6) is -0.747. The summed E-state index contributed by atoms with van der Waals surface area (Å²) in [6, 6.07) is 2.91. The van der Waals surface area contributed by atoms with Gasteiger partial charge in [-0.3, -0.25) is 10.1 Å². The van der Waals surface area contributed by atoms with E-state index in [-0.39, 0.29) is 24.5 Å². The van der Waals surface area contributed by atoms with Gasteiger partial charge in [0, 0.05) is 0 Å². The zero-order valence-corrected chi connectivity index (χ0v) is 11.1. The van der Waals surface area contributed by atoms with Crippen LogP contribution in [0, 0.1) is 17.0 Å². The highest BCUT2D eigenvalue weighted by atomic mass is 16.6. The second-order valence-electron chi connectivity index (χ2n) is 3.85. The molecule has 0 atom stereocenters. The number of nitrogens with zero attached hydrogens (tertiary/aromatic N) is 1. The van der Waals surface area contributed by atoms with Gasteiger partial charge in [-0.2, -0.15) is 0 Å². The maximum atomic E-state index is 11.8. The first-order valence-corrected chi connectivity index (χ1v) is 5.82. The van der Waals surface area contributed by atoms with Gasteiger partial charge in [0.1, 0.15) is 18.8 Å². The SMILES string of the molecule is C=CCOC(=O)c1ccc(C)c(OCC=C)c1[N+](=O)[O-]. The molecular weight excluding hydrogens is 262 g/mol. The molecule has 0 N–H and O–H groups in total. The maximum Gasteiger partial charge on any atom is 0.345 e. The van der Waals surface area contributed by atoms with E-state index < -0.39 is 16.6 Å². The lowest BCUT2D eigenvalue weighted by Gasteiger charge is -2.10. The summed E-state index contributed by atoms with van der Waals surface area (Å²) < 4.78 is 10.1. The average molecular weight is 277 g/mol. The van der Waals surface area contributed by atoms with Crippen molar-refractivity contribution in [1.29, 1.82) is 0 Å². The molecule has 0 spiro atoms. The standard InChI is InChI=1S/C14H15NO5/c1-4-8-19-13-10(3)6-7-11(12(13)15(17)18)14(16)20-9-5-2/h4-7H,1-2,8-9H2,3H3. The Hall–Kier alpha value is -2.63. The normalized spacial score (nSPS) is 9.65. The molecule has 0 aliphatic rings. The van der Waals surface area contributed by atoms with Crippen LogP contribution in [0.4, 0.5) is 5.69 Å². The minimum Gasteiger partial charge on any atom is -0.482 e. The molecule has 0 radical (unpaired) electrons. The first-order chi connectivity index (χ1) is 9.52. The van der Waals surface area contributed by atoms with E-state index >= 15 is 0 Å². The van der Waals surface area contributed by atoms with Crippen LogP contribution >= 0.6 is 0 Å². The molecule has 1 rings (SSSR count). The number of nitro groups is 1. The van der Waals surface area contributed by atoms with E-state index in [4.69, 9.17) is 9.47 Å². The highest BCUT2D eigenvalue weighted by Gasteiger charge is 2.28. The van der Waals surface area contributed by atoms with Crippen LogP contribution in [-0.4, -0.2) is 24.1 Å². The van der Waals surface area contributed by atoms with Crippen molar-refractivity contribution in [3.05, 3.63) is 58.7 Å². The molecule has 0 fully saturated rings. The van der Waals surface area contributed by atoms with E-state index in [0.29, 0.717) is 5.56 Å². The number of benzene rings is 1. The number of nitro benzene ring substituents is 1. The van der Waals surface area contributed by atoms with Gasteiger partial charge >= 0.3 is 11.7 Å². The highest BCUT2D eigenvalue weighted by Crippen LogP contribution is 2.34. The summed E-state index contributed by atoms with van der Waals surface area (Å²) in [7, 11) is 0. The molecule has 20 heavy (non-hydrogen) atoms. The fourth-order valence-electron chi connectivity index (χ4n) is 1.55. The summed E-state index contributed by atoms with van der Waals surface area (Å²) >= 11 is 0. The molecule has 1 aromatic rings. The van der Waals surface area contributed by atoms with Crippen molar-refractivity contribution in [1.82, 2.24) is 0 Å². The number of ether oxygens (including phenoxy) is 2.